The summed E-state index contributed by atoms with van der Waals surface area (Å²) in [6, 6.07) is 13.1. The molecule has 0 radical (unpaired) electrons. The van der Waals surface area contributed by atoms with Crippen LogP contribution in [0.25, 0.3) is 0 Å². The van der Waals surface area contributed by atoms with Gasteiger partial charge in [-0.2, -0.15) is 0 Å². The van der Waals surface area contributed by atoms with Gasteiger partial charge in [-0.05, 0) is 56.2 Å². The van der Waals surface area contributed by atoms with Crippen LogP contribution in [0.2, 0.25) is 0 Å². The van der Waals surface area contributed by atoms with E-state index >= 15 is 0 Å². The monoisotopic (exact) mass is 367 g/mol. The fourth-order valence-corrected chi connectivity index (χ4v) is 3.52. The van der Waals surface area contributed by atoms with Gasteiger partial charge in [0.05, 0.1) is 6.61 Å². The lowest BCUT2D eigenvalue weighted by Crippen LogP contribution is -2.02. The predicted molar refractivity (Wildman–Crippen MR) is 107 cm³/mol. The molecular weight excluding hydrogens is 346 g/mol. The lowest BCUT2D eigenvalue weighted by atomic mass is 10.1. The first kappa shape index (κ1) is 17.9. The summed E-state index contributed by atoms with van der Waals surface area (Å²) >= 11 is 1.26. The zero-order valence-corrected chi connectivity index (χ0v) is 15.8. The number of benzene rings is 2. The number of aromatic nitrogens is 1. The molecule has 1 heterocycles. The van der Waals surface area contributed by atoms with E-state index in [2.05, 4.69) is 10.3 Å². The minimum atomic E-state index is -0.141. The topological polar surface area (TPSA) is 77.2 Å². The van der Waals surface area contributed by atoms with Crippen LogP contribution in [0.4, 0.5) is 16.6 Å². The highest BCUT2D eigenvalue weighted by molar-refractivity contribution is 7.18. The fraction of sp³-hybridized carbons (Fsp3) is 0.200. The predicted octanol–water partition coefficient (Wildman–Crippen LogP) is 4.72. The summed E-state index contributed by atoms with van der Waals surface area (Å²) in [7, 11) is 0. The Morgan fingerprint density at radius 2 is 1.81 bits per heavy atom. The number of carbonyl (C=O) groups excluding carboxylic acids is 1. The van der Waals surface area contributed by atoms with Gasteiger partial charge in [0.25, 0.3) is 0 Å². The molecule has 0 amide bonds. The molecule has 26 heavy (non-hydrogen) atoms. The Bertz CT molecular complexity index is 912. The molecule has 6 heteroatoms. The summed E-state index contributed by atoms with van der Waals surface area (Å²) in [4.78, 5) is 17.5. The smallest absolute Gasteiger partial charge is 0.206 e. The summed E-state index contributed by atoms with van der Waals surface area (Å²) in [5.74, 6) is 0.832. The van der Waals surface area contributed by atoms with Gasteiger partial charge in [-0.15, -0.1) is 0 Å². The summed E-state index contributed by atoms with van der Waals surface area (Å²) < 4.78 is 5.41. The minimum Gasteiger partial charge on any atom is -0.494 e. The van der Waals surface area contributed by atoms with E-state index in [4.69, 9.17) is 10.5 Å². The van der Waals surface area contributed by atoms with Crippen molar-refractivity contribution in [3.8, 4) is 5.75 Å². The van der Waals surface area contributed by atoms with Crippen molar-refractivity contribution in [1.82, 2.24) is 4.98 Å². The number of carbonyl (C=O) groups is 1. The molecule has 3 N–H and O–H groups in total. The number of rotatable bonds is 6. The Hall–Kier alpha value is -2.86. The molecule has 0 fully saturated rings. The maximum absolute atomic E-state index is 12.8. The number of anilines is 3. The highest BCUT2D eigenvalue weighted by atomic mass is 32.1. The Balaban J connectivity index is 1.84. The second-order valence-electron chi connectivity index (χ2n) is 5.91. The summed E-state index contributed by atoms with van der Waals surface area (Å²) in [6.45, 7) is 6.56. The fourth-order valence-electron chi connectivity index (χ4n) is 2.67. The van der Waals surface area contributed by atoms with Crippen LogP contribution in [0, 0.1) is 13.8 Å². The number of aryl methyl sites for hydroxylation is 2. The van der Waals surface area contributed by atoms with Crippen molar-refractivity contribution in [2.24, 2.45) is 0 Å². The van der Waals surface area contributed by atoms with Crippen LogP contribution in [-0.4, -0.2) is 17.4 Å². The SMILES string of the molecule is CCOc1ccc(C(=O)c2sc(Nc3c(C)cccc3C)nc2N)cc1. The van der Waals surface area contributed by atoms with Gasteiger partial charge >= 0.3 is 0 Å². The average Bonchev–Trinajstić information content (AvgIpc) is 2.99. The van der Waals surface area contributed by atoms with E-state index in [-0.39, 0.29) is 11.6 Å². The van der Waals surface area contributed by atoms with E-state index in [1.165, 1.54) is 11.3 Å². The number of nitrogen functional groups attached to an aromatic ring is 1. The van der Waals surface area contributed by atoms with Crippen LogP contribution in [0.1, 0.15) is 33.3 Å². The highest BCUT2D eigenvalue weighted by Crippen LogP contribution is 2.32. The zero-order chi connectivity index (χ0) is 18.7. The number of thiazole rings is 1. The van der Waals surface area contributed by atoms with Crippen LogP contribution >= 0.6 is 11.3 Å². The van der Waals surface area contributed by atoms with Crippen molar-refractivity contribution in [1.29, 1.82) is 0 Å². The number of ketones is 1. The highest BCUT2D eigenvalue weighted by Gasteiger charge is 2.18. The van der Waals surface area contributed by atoms with Crippen LogP contribution in [0.15, 0.2) is 42.5 Å². The average molecular weight is 367 g/mol. The number of para-hydroxylation sites is 1. The molecule has 0 aliphatic heterocycles. The molecule has 2 aromatic carbocycles. The maximum Gasteiger partial charge on any atom is 0.206 e. The number of hydrogen-bond donors (Lipinski definition) is 2. The molecule has 0 spiro atoms. The Morgan fingerprint density at radius 3 is 2.42 bits per heavy atom. The number of ether oxygens (including phenoxy) is 1. The Morgan fingerprint density at radius 1 is 1.15 bits per heavy atom. The number of nitrogens with zero attached hydrogens (tertiary/aromatic N) is 1. The summed E-state index contributed by atoms with van der Waals surface area (Å²) in [5.41, 5.74) is 9.76. The third-order valence-corrected chi connectivity index (χ3v) is 4.99. The van der Waals surface area contributed by atoms with Crippen LogP contribution in [0.3, 0.4) is 0 Å². The van der Waals surface area contributed by atoms with Crippen molar-refractivity contribution < 1.29 is 9.53 Å². The summed E-state index contributed by atoms with van der Waals surface area (Å²) in [5, 5.41) is 3.89. The summed E-state index contributed by atoms with van der Waals surface area (Å²) in [6.07, 6.45) is 0. The molecule has 0 aliphatic rings. The molecule has 1 aromatic heterocycles. The van der Waals surface area contributed by atoms with E-state index in [9.17, 15) is 4.79 Å². The van der Waals surface area contributed by atoms with E-state index in [1.54, 1.807) is 24.3 Å². The molecule has 0 aliphatic carbocycles. The van der Waals surface area contributed by atoms with Crippen molar-refractivity contribution in [2.75, 3.05) is 17.7 Å². The first-order chi connectivity index (χ1) is 12.5. The molecule has 0 unspecified atom stereocenters. The molecule has 0 saturated heterocycles. The molecular formula is C20H21N3O2S. The van der Waals surface area contributed by atoms with Gasteiger partial charge < -0.3 is 15.8 Å². The quantitative estimate of drug-likeness (QED) is 0.617. The lowest BCUT2D eigenvalue weighted by molar-refractivity contribution is 0.104. The van der Waals surface area contributed by atoms with E-state index in [0.717, 1.165) is 22.6 Å². The zero-order valence-electron chi connectivity index (χ0n) is 15.0. The van der Waals surface area contributed by atoms with Crippen LogP contribution < -0.4 is 15.8 Å². The standard InChI is InChI=1S/C20H21N3O2S/c1-4-25-15-10-8-14(9-11-15)17(24)18-19(21)23-20(26-18)22-16-12(2)6-5-7-13(16)3/h5-11H,4,21H2,1-3H3,(H,22,23). The largest absolute Gasteiger partial charge is 0.494 e. The molecule has 0 bridgehead atoms. The van der Waals surface area contributed by atoms with E-state index < -0.39 is 0 Å². The normalized spacial score (nSPS) is 10.6. The number of hydrogen-bond acceptors (Lipinski definition) is 6. The van der Waals surface area contributed by atoms with Crippen LogP contribution in [-0.2, 0) is 0 Å². The van der Waals surface area contributed by atoms with Gasteiger partial charge in [-0.25, -0.2) is 4.98 Å². The molecule has 134 valence electrons. The molecule has 5 nitrogen and oxygen atoms in total. The van der Waals surface area contributed by atoms with Gasteiger partial charge in [-0.3, -0.25) is 4.79 Å². The van der Waals surface area contributed by atoms with E-state index in [1.807, 2.05) is 39.0 Å². The van der Waals surface area contributed by atoms with Gasteiger partial charge in [0.2, 0.25) is 5.78 Å². The van der Waals surface area contributed by atoms with Gasteiger partial charge in [0.15, 0.2) is 5.13 Å². The van der Waals surface area contributed by atoms with Gasteiger partial charge in [0.1, 0.15) is 16.4 Å². The third-order valence-electron chi connectivity index (χ3n) is 4.00. The van der Waals surface area contributed by atoms with Crippen molar-refractivity contribution in [3.05, 3.63) is 64.0 Å². The Labute approximate surface area is 156 Å². The molecule has 0 atom stereocenters. The lowest BCUT2D eigenvalue weighted by Gasteiger charge is -2.09. The molecule has 3 aromatic rings. The minimum absolute atomic E-state index is 0.141. The van der Waals surface area contributed by atoms with Crippen molar-refractivity contribution in [3.63, 3.8) is 0 Å². The van der Waals surface area contributed by atoms with E-state index in [0.29, 0.717) is 22.2 Å². The maximum atomic E-state index is 12.8. The van der Waals surface area contributed by atoms with Crippen molar-refractivity contribution in [2.45, 2.75) is 20.8 Å². The first-order valence-electron chi connectivity index (χ1n) is 8.36. The second-order valence-corrected chi connectivity index (χ2v) is 6.91. The Kier molecular flexibility index (Phi) is 5.23. The van der Waals surface area contributed by atoms with Gasteiger partial charge in [0, 0.05) is 11.3 Å². The second kappa shape index (κ2) is 7.58. The number of nitrogens with one attached hydrogen (secondary N) is 1. The van der Waals surface area contributed by atoms with Crippen LogP contribution in [0.5, 0.6) is 5.75 Å². The first-order valence-corrected chi connectivity index (χ1v) is 9.18. The van der Waals surface area contributed by atoms with Gasteiger partial charge in [-0.1, -0.05) is 29.5 Å². The number of nitrogens with two attached hydrogens (primary N) is 1. The third kappa shape index (κ3) is 3.70. The van der Waals surface area contributed by atoms with Crippen molar-refractivity contribution >= 4 is 33.8 Å². The molecule has 0 saturated carbocycles. The molecule has 3 rings (SSSR count).